The molecule has 0 aliphatic carbocycles. The van der Waals surface area contributed by atoms with Crippen molar-refractivity contribution >= 4 is 5.69 Å². The van der Waals surface area contributed by atoms with Gasteiger partial charge in [0.1, 0.15) is 5.69 Å². The number of aliphatic hydroxyl groups excluding tert-OH is 1. The third kappa shape index (κ3) is 2.77. The summed E-state index contributed by atoms with van der Waals surface area (Å²) in [6.45, 7) is 0.615. The standard InChI is InChI=1S/C14H15N5O2/c1-19-9-15-8-12(19)13-17-14(21-18-13)10-2-4-11(5-3-10)16-6-7-20/h2-5,8-9,16,20H,6-7H2,1H3. The van der Waals surface area contributed by atoms with Crippen LogP contribution in [0, 0.1) is 0 Å². The third-order valence-electron chi connectivity index (χ3n) is 3.04. The first kappa shape index (κ1) is 13.3. The van der Waals surface area contributed by atoms with Crippen LogP contribution in [0.1, 0.15) is 0 Å². The maximum absolute atomic E-state index is 8.77. The number of anilines is 1. The minimum atomic E-state index is 0.0967. The summed E-state index contributed by atoms with van der Waals surface area (Å²) >= 11 is 0. The first-order valence-corrected chi connectivity index (χ1v) is 6.53. The van der Waals surface area contributed by atoms with Crippen LogP contribution in [0.2, 0.25) is 0 Å². The molecule has 0 saturated heterocycles. The number of aromatic nitrogens is 4. The van der Waals surface area contributed by atoms with Gasteiger partial charge in [0.2, 0.25) is 5.82 Å². The largest absolute Gasteiger partial charge is 0.395 e. The Morgan fingerprint density at radius 2 is 2.10 bits per heavy atom. The van der Waals surface area contributed by atoms with Crippen molar-refractivity contribution in [3.8, 4) is 23.0 Å². The monoisotopic (exact) mass is 285 g/mol. The Morgan fingerprint density at radius 1 is 1.29 bits per heavy atom. The van der Waals surface area contributed by atoms with E-state index in [1.54, 1.807) is 12.5 Å². The molecule has 2 N–H and O–H groups in total. The van der Waals surface area contributed by atoms with Gasteiger partial charge in [-0.05, 0) is 24.3 Å². The maximum atomic E-state index is 8.77. The molecule has 3 rings (SSSR count). The van der Waals surface area contributed by atoms with Gasteiger partial charge < -0.3 is 19.5 Å². The summed E-state index contributed by atoms with van der Waals surface area (Å²) in [7, 11) is 1.87. The molecule has 0 amide bonds. The van der Waals surface area contributed by atoms with Crippen LogP contribution in [0.25, 0.3) is 23.0 Å². The maximum Gasteiger partial charge on any atom is 0.258 e. The molecule has 0 aliphatic rings. The topological polar surface area (TPSA) is 89.0 Å². The molecule has 2 heterocycles. The lowest BCUT2D eigenvalue weighted by molar-refractivity contribution is 0.311. The van der Waals surface area contributed by atoms with Crippen molar-refractivity contribution < 1.29 is 9.63 Å². The zero-order valence-electron chi connectivity index (χ0n) is 11.5. The number of aryl methyl sites for hydroxylation is 1. The van der Waals surface area contributed by atoms with Crippen LogP contribution in [0.5, 0.6) is 0 Å². The molecule has 0 aliphatic heterocycles. The second-order valence-corrected chi connectivity index (χ2v) is 4.54. The van der Waals surface area contributed by atoms with E-state index in [0.29, 0.717) is 18.3 Å². The van der Waals surface area contributed by atoms with Crippen molar-refractivity contribution in [2.24, 2.45) is 7.05 Å². The lowest BCUT2D eigenvalue weighted by Gasteiger charge is -2.03. The first-order chi connectivity index (χ1) is 10.3. The summed E-state index contributed by atoms with van der Waals surface area (Å²) < 4.78 is 7.12. The second kappa shape index (κ2) is 5.76. The number of hydrogen-bond donors (Lipinski definition) is 2. The zero-order chi connectivity index (χ0) is 14.7. The highest BCUT2D eigenvalue weighted by atomic mass is 16.5. The van der Waals surface area contributed by atoms with Crippen molar-refractivity contribution in [1.29, 1.82) is 0 Å². The van der Waals surface area contributed by atoms with E-state index >= 15 is 0 Å². The Bertz CT molecular complexity index is 717. The fourth-order valence-electron chi connectivity index (χ4n) is 1.95. The van der Waals surface area contributed by atoms with Gasteiger partial charge in [0.05, 0.1) is 19.1 Å². The highest BCUT2D eigenvalue weighted by Gasteiger charge is 2.12. The molecular formula is C14H15N5O2. The Kier molecular flexibility index (Phi) is 3.65. The molecule has 0 saturated carbocycles. The summed E-state index contributed by atoms with van der Waals surface area (Å²) in [5.41, 5.74) is 2.57. The van der Waals surface area contributed by atoms with E-state index < -0.39 is 0 Å². The van der Waals surface area contributed by atoms with E-state index in [4.69, 9.17) is 9.63 Å². The van der Waals surface area contributed by atoms with E-state index in [9.17, 15) is 0 Å². The first-order valence-electron chi connectivity index (χ1n) is 6.53. The molecule has 2 aromatic heterocycles. The van der Waals surface area contributed by atoms with Crippen molar-refractivity contribution in [2.75, 3.05) is 18.5 Å². The van der Waals surface area contributed by atoms with Crippen LogP contribution in [0.4, 0.5) is 5.69 Å². The lowest BCUT2D eigenvalue weighted by Crippen LogP contribution is -2.04. The van der Waals surface area contributed by atoms with Gasteiger partial charge in [0, 0.05) is 24.8 Å². The quantitative estimate of drug-likeness (QED) is 0.739. The number of aliphatic hydroxyl groups is 1. The molecule has 0 spiro atoms. The molecule has 108 valence electrons. The second-order valence-electron chi connectivity index (χ2n) is 4.54. The fourth-order valence-corrected chi connectivity index (χ4v) is 1.95. The van der Waals surface area contributed by atoms with Gasteiger partial charge in [-0.25, -0.2) is 4.98 Å². The van der Waals surface area contributed by atoms with Gasteiger partial charge in [-0.3, -0.25) is 0 Å². The van der Waals surface area contributed by atoms with Crippen LogP contribution in [-0.2, 0) is 7.05 Å². The summed E-state index contributed by atoms with van der Waals surface area (Å²) in [5, 5.41) is 15.8. The number of hydrogen-bond acceptors (Lipinski definition) is 6. The molecule has 3 aromatic rings. The Morgan fingerprint density at radius 3 is 2.76 bits per heavy atom. The minimum Gasteiger partial charge on any atom is -0.395 e. The fraction of sp³-hybridized carbons (Fsp3) is 0.214. The predicted molar refractivity (Wildman–Crippen MR) is 77.5 cm³/mol. The number of imidazole rings is 1. The van der Waals surface area contributed by atoms with E-state index in [1.165, 1.54) is 0 Å². The van der Waals surface area contributed by atoms with Gasteiger partial charge in [-0.1, -0.05) is 5.16 Å². The normalized spacial score (nSPS) is 10.8. The van der Waals surface area contributed by atoms with Gasteiger partial charge in [-0.2, -0.15) is 4.98 Å². The van der Waals surface area contributed by atoms with Crippen molar-refractivity contribution in [1.82, 2.24) is 19.7 Å². The van der Waals surface area contributed by atoms with Gasteiger partial charge >= 0.3 is 0 Å². The minimum absolute atomic E-state index is 0.0967. The smallest absolute Gasteiger partial charge is 0.258 e. The molecule has 0 radical (unpaired) electrons. The molecule has 7 heteroatoms. The van der Waals surface area contributed by atoms with Crippen LogP contribution >= 0.6 is 0 Å². The predicted octanol–water partition coefficient (Wildman–Crippen LogP) is 1.54. The number of nitrogens with zero attached hydrogens (tertiary/aromatic N) is 4. The Hall–Kier alpha value is -2.67. The zero-order valence-corrected chi connectivity index (χ0v) is 11.5. The van der Waals surface area contributed by atoms with E-state index in [0.717, 1.165) is 16.9 Å². The molecule has 0 bridgehead atoms. The molecule has 7 nitrogen and oxygen atoms in total. The summed E-state index contributed by atoms with van der Waals surface area (Å²) in [6.07, 6.45) is 3.38. The molecule has 0 atom stereocenters. The molecule has 21 heavy (non-hydrogen) atoms. The summed E-state index contributed by atoms with van der Waals surface area (Å²) in [5.74, 6) is 0.965. The van der Waals surface area contributed by atoms with E-state index in [2.05, 4.69) is 20.4 Å². The Labute approximate surface area is 121 Å². The third-order valence-corrected chi connectivity index (χ3v) is 3.04. The van der Waals surface area contributed by atoms with Gasteiger partial charge in [0.15, 0.2) is 0 Å². The average Bonchev–Trinajstić information content (AvgIpc) is 3.14. The number of benzene rings is 1. The SMILES string of the molecule is Cn1cncc1-c1noc(-c2ccc(NCCO)cc2)n1. The molecule has 0 fully saturated rings. The highest BCUT2D eigenvalue weighted by molar-refractivity contribution is 5.60. The highest BCUT2D eigenvalue weighted by Crippen LogP contribution is 2.22. The van der Waals surface area contributed by atoms with E-state index in [-0.39, 0.29) is 6.61 Å². The van der Waals surface area contributed by atoms with E-state index in [1.807, 2.05) is 35.9 Å². The van der Waals surface area contributed by atoms with Crippen molar-refractivity contribution in [3.63, 3.8) is 0 Å². The summed E-state index contributed by atoms with van der Waals surface area (Å²) in [6, 6.07) is 7.58. The molecule has 0 unspecified atom stereocenters. The van der Waals surface area contributed by atoms with Gasteiger partial charge in [0.25, 0.3) is 5.89 Å². The molecule has 1 aromatic carbocycles. The molecular weight excluding hydrogens is 270 g/mol. The van der Waals surface area contributed by atoms with Crippen LogP contribution in [-0.4, -0.2) is 37.9 Å². The van der Waals surface area contributed by atoms with Crippen molar-refractivity contribution in [3.05, 3.63) is 36.8 Å². The summed E-state index contributed by atoms with van der Waals surface area (Å²) in [4.78, 5) is 8.41. The number of rotatable bonds is 5. The van der Waals surface area contributed by atoms with Crippen molar-refractivity contribution in [2.45, 2.75) is 0 Å². The van der Waals surface area contributed by atoms with Gasteiger partial charge in [-0.15, -0.1) is 0 Å². The average molecular weight is 285 g/mol. The number of nitrogens with one attached hydrogen (secondary N) is 1. The lowest BCUT2D eigenvalue weighted by atomic mass is 10.2. The Balaban J connectivity index is 1.81. The van der Waals surface area contributed by atoms with Crippen LogP contribution in [0.15, 0.2) is 41.3 Å². The van der Waals surface area contributed by atoms with Crippen LogP contribution < -0.4 is 5.32 Å². The van der Waals surface area contributed by atoms with Crippen LogP contribution in [0.3, 0.4) is 0 Å².